The number of hydrogen-bond acceptors (Lipinski definition) is 1. The molecule has 0 amide bonds. The summed E-state index contributed by atoms with van der Waals surface area (Å²) in [4.78, 5) is 0. The number of aryl methyl sites for hydroxylation is 1. The summed E-state index contributed by atoms with van der Waals surface area (Å²) in [6.07, 6.45) is 4.70. The van der Waals surface area contributed by atoms with Crippen LogP contribution in [0.4, 0.5) is 0 Å². The van der Waals surface area contributed by atoms with Crippen molar-refractivity contribution >= 4 is 21.5 Å². The second-order valence-corrected chi connectivity index (χ2v) is 5.40. The van der Waals surface area contributed by atoms with Crippen LogP contribution >= 0.6 is 0 Å². The molecule has 0 aliphatic heterocycles. The minimum Gasteiger partial charge on any atom is -0.330 e. The number of benzene rings is 3. The largest absolute Gasteiger partial charge is 0.330 e. The van der Waals surface area contributed by atoms with Crippen LogP contribution in [0.1, 0.15) is 24.8 Å². The molecule has 3 aromatic rings. The van der Waals surface area contributed by atoms with Gasteiger partial charge in [-0.3, -0.25) is 0 Å². The Kier molecular flexibility index (Phi) is 3.98. The van der Waals surface area contributed by atoms with Gasteiger partial charge in [-0.1, -0.05) is 55.0 Å². The van der Waals surface area contributed by atoms with E-state index in [0.29, 0.717) is 0 Å². The summed E-state index contributed by atoms with van der Waals surface area (Å²) in [5, 5.41) is 5.50. The van der Waals surface area contributed by atoms with E-state index < -0.39 is 0 Å². The Morgan fingerprint density at radius 3 is 1.90 bits per heavy atom. The van der Waals surface area contributed by atoms with Crippen molar-refractivity contribution in [3.63, 3.8) is 0 Å². The Morgan fingerprint density at radius 1 is 0.700 bits per heavy atom. The van der Waals surface area contributed by atoms with Crippen molar-refractivity contribution in [2.45, 2.75) is 25.7 Å². The smallest absolute Gasteiger partial charge is 0.00773 e. The lowest BCUT2D eigenvalue weighted by atomic mass is 9.93. The summed E-state index contributed by atoms with van der Waals surface area (Å²) in [7, 11) is 0. The number of rotatable bonds is 5. The number of hydrogen-bond donors (Lipinski definition) is 1. The van der Waals surface area contributed by atoms with Gasteiger partial charge in [-0.25, -0.2) is 0 Å². The van der Waals surface area contributed by atoms with Crippen LogP contribution in [0.5, 0.6) is 0 Å². The first-order chi connectivity index (χ1) is 9.90. The van der Waals surface area contributed by atoms with Gasteiger partial charge >= 0.3 is 0 Å². The summed E-state index contributed by atoms with van der Waals surface area (Å²) in [5.74, 6) is 0. The van der Waals surface area contributed by atoms with Gasteiger partial charge in [0.2, 0.25) is 0 Å². The maximum atomic E-state index is 5.59. The van der Waals surface area contributed by atoms with Gasteiger partial charge in [-0.15, -0.1) is 0 Å². The number of fused-ring (bicyclic) bond motifs is 2. The molecule has 102 valence electrons. The molecular weight excluding hydrogens is 242 g/mol. The monoisotopic (exact) mass is 263 g/mol. The maximum absolute atomic E-state index is 5.59. The molecule has 3 aromatic carbocycles. The first kappa shape index (κ1) is 13.1. The zero-order chi connectivity index (χ0) is 13.8. The van der Waals surface area contributed by atoms with E-state index in [0.717, 1.165) is 19.4 Å². The predicted octanol–water partition coefficient (Wildman–Crippen LogP) is 4.66. The van der Waals surface area contributed by atoms with E-state index >= 15 is 0 Å². The third-order valence-electron chi connectivity index (χ3n) is 4.01. The molecule has 1 nitrogen and oxygen atoms in total. The quantitative estimate of drug-likeness (QED) is 0.525. The van der Waals surface area contributed by atoms with Gasteiger partial charge in [0.05, 0.1) is 0 Å². The fourth-order valence-electron chi connectivity index (χ4n) is 3.00. The third-order valence-corrected chi connectivity index (χ3v) is 4.01. The summed E-state index contributed by atoms with van der Waals surface area (Å²) in [5.41, 5.74) is 7.09. The van der Waals surface area contributed by atoms with Crippen LogP contribution in [0.15, 0.2) is 54.6 Å². The maximum Gasteiger partial charge on any atom is -0.00773 e. The molecule has 2 N–H and O–H groups in total. The summed E-state index contributed by atoms with van der Waals surface area (Å²) < 4.78 is 0. The standard InChI is InChI=1S/C19H21N/c20-13-7-1-2-12-19-17-10-5-3-8-15(17)14-16-9-4-6-11-18(16)19/h3-6,8-11,14H,1-2,7,12-13,20H2. The molecule has 0 radical (unpaired) electrons. The van der Waals surface area contributed by atoms with Crippen molar-refractivity contribution in [2.24, 2.45) is 5.73 Å². The molecular formula is C19H21N. The van der Waals surface area contributed by atoms with Gasteiger partial charge in [0, 0.05) is 0 Å². The van der Waals surface area contributed by atoms with Crippen LogP contribution < -0.4 is 5.73 Å². The van der Waals surface area contributed by atoms with Crippen LogP contribution in [0.3, 0.4) is 0 Å². The lowest BCUT2D eigenvalue weighted by molar-refractivity contribution is 0.690. The lowest BCUT2D eigenvalue weighted by Gasteiger charge is -2.11. The minimum absolute atomic E-state index is 0.802. The molecule has 0 atom stereocenters. The van der Waals surface area contributed by atoms with Crippen molar-refractivity contribution in [3.05, 3.63) is 60.2 Å². The lowest BCUT2D eigenvalue weighted by Crippen LogP contribution is -1.98. The normalized spacial score (nSPS) is 11.2. The molecule has 0 aliphatic carbocycles. The molecule has 0 unspecified atom stereocenters. The SMILES string of the molecule is NCCCCCc1c2ccccc2cc2ccccc12. The van der Waals surface area contributed by atoms with Crippen LogP contribution in [-0.2, 0) is 6.42 Å². The zero-order valence-electron chi connectivity index (χ0n) is 11.8. The van der Waals surface area contributed by atoms with Crippen molar-refractivity contribution < 1.29 is 0 Å². The first-order valence-corrected chi connectivity index (χ1v) is 7.49. The molecule has 3 rings (SSSR count). The van der Waals surface area contributed by atoms with Gasteiger partial charge in [0.25, 0.3) is 0 Å². The molecule has 20 heavy (non-hydrogen) atoms. The number of nitrogens with two attached hydrogens (primary N) is 1. The summed E-state index contributed by atoms with van der Waals surface area (Å²) in [6.45, 7) is 0.802. The highest BCUT2D eigenvalue weighted by atomic mass is 14.5. The Morgan fingerprint density at radius 2 is 1.30 bits per heavy atom. The topological polar surface area (TPSA) is 26.0 Å². The Bertz CT molecular complexity index is 661. The highest BCUT2D eigenvalue weighted by Crippen LogP contribution is 2.29. The van der Waals surface area contributed by atoms with E-state index in [1.807, 2.05) is 0 Å². The van der Waals surface area contributed by atoms with Gasteiger partial charge in [0.1, 0.15) is 0 Å². The minimum atomic E-state index is 0.802. The molecule has 0 saturated heterocycles. The molecule has 0 aromatic heterocycles. The van der Waals surface area contributed by atoms with E-state index in [4.69, 9.17) is 5.73 Å². The van der Waals surface area contributed by atoms with Crippen LogP contribution in [-0.4, -0.2) is 6.54 Å². The van der Waals surface area contributed by atoms with Gasteiger partial charge in [0.15, 0.2) is 0 Å². The predicted molar refractivity (Wildman–Crippen MR) is 88.1 cm³/mol. The van der Waals surface area contributed by atoms with E-state index in [-0.39, 0.29) is 0 Å². The molecule has 0 fully saturated rings. The average molecular weight is 263 g/mol. The highest BCUT2D eigenvalue weighted by Gasteiger charge is 2.06. The molecule has 0 aliphatic rings. The van der Waals surface area contributed by atoms with Gasteiger partial charge in [-0.2, -0.15) is 0 Å². The van der Waals surface area contributed by atoms with E-state index in [2.05, 4.69) is 54.6 Å². The molecule has 0 spiro atoms. The molecule has 0 bridgehead atoms. The van der Waals surface area contributed by atoms with E-state index in [9.17, 15) is 0 Å². The van der Waals surface area contributed by atoms with E-state index in [1.54, 1.807) is 0 Å². The van der Waals surface area contributed by atoms with Gasteiger partial charge < -0.3 is 5.73 Å². The second-order valence-electron chi connectivity index (χ2n) is 5.40. The van der Waals surface area contributed by atoms with Crippen molar-refractivity contribution in [3.8, 4) is 0 Å². The average Bonchev–Trinajstić information content (AvgIpc) is 2.50. The fraction of sp³-hybridized carbons (Fsp3) is 0.263. The third kappa shape index (κ3) is 2.54. The Balaban J connectivity index is 2.08. The van der Waals surface area contributed by atoms with Crippen LogP contribution in [0.2, 0.25) is 0 Å². The van der Waals surface area contributed by atoms with Crippen LogP contribution in [0, 0.1) is 0 Å². The highest BCUT2D eigenvalue weighted by molar-refractivity contribution is 6.02. The molecule has 0 saturated carbocycles. The molecule has 0 heterocycles. The first-order valence-electron chi connectivity index (χ1n) is 7.49. The Hall–Kier alpha value is -1.86. The summed E-state index contributed by atoms with van der Waals surface area (Å²) in [6, 6.07) is 19.7. The van der Waals surface area contributed by atoms with Crippen molar-refractivity contribution in [1.29, 1.82) is 0 Å². The van der Waals surface area contributed by atoms with Crippen molar-refractivity contribution in [2.75, 3.05) is 6.54 Å². The van der Waals surface area contributed by atoms with Crippen LogP contribution in [0.25, 0.3) is 21.5 Å². The van der Waals surface area contributed by atoms with E-state index in [1.165, 1.54) is 39.9 Å². The zero-order valence-corrected chi connectivity index (χ0v) is 11.8. The van der Waals surface area contributed by atoms with Crippen molar-refractivity contribution in [1.82, 2.24) is 0 Å². The number of unbranched alkanes of at least 4 members (excludes halogenated alkanes) is 2. The second kappa shape index (κ2) is 6.06. The molecule has 1 heteroatoms. The summed E-state index contributed by atoms with van der Waals surface area (Å²) >= 11 is 0. The van der Waals surface area contributed by atoms with Gasteiger partial charge in [-0.05, 0) is 59.0 Å². The Labute approximate surface area is 120 Å². The fourth-order valence-corrected chi connectivity index (χ4v) is 3.00.